The zero-order valence-electron chi connectivity index (χ0n) is 16.3. The summed E-state index contributed by atoms with van der Waals surface area (Å²) in [4.78, 5) is 12.4. The number of thioether (sulfide) groups is 1. The molecule has 0 fully saturated rings. The molecule has 1 unspecified atom stereocenters. The molecule has 1 heterocycles. The van der Waals surface area contributed by atoms with E-state index in [1.54, 1.807) is 31.2 Å². The molecule has 2 aromatic carbocycles. The zero-order valence-corrected chi connectivity index (χ0v) is 17.9. The van der Waals surface area contributed by atoms with Crippen molar-refractivity contribution >= 4 is 35.0 Å². The summed E-state index contributed by atoms with van der Waals surface area (Å²) >= 11 is 7.16. The number of carbonyl (C=O) groups excluding carboxylic acids is 1. The van der Waals surface area contributed by atoms with Crippen LogP contribution in [0, 0.1) is 13.8 Å². The van der Waals surface area contributed by atoms with Crippen molar-refractivity contribution in [3.63, 3.8) is 0 Å². The summed E-state index contributed by atoms with van der Waals surface area (Å²) in [6, 6.07) is 12.9. The fourth-order valence-electron chi connectivity index (χ4n) is 2.67. The van der Waals surface area contributed by atoms with Gasteiger partial charge < -0.3 is 15.9 Å². The smallest absolute Gasteiger partial charge is 0.237 e. The number of ether oxygens (including phenoxy) is 1. The van der Waals surface area contributed by atoms with Crippen molar-refractivity contribution in [2.75, 3.05) is 11.2 Å². The fraction of sp³-hybridized carbons (Fsp3) is 0.250. The van der Waals surface area contributed by atoms with Gasteiger partial charge in [-0.25, -0.2) is 4.68 Å². The summed E-state index contributed by atoms with van der Waals surface area (Å²) < 4.78 is 7.13. The largest absolute Gasteiger partial charge is 0.486 e. The molecule has 3 aromatic rings. The molecule has 0 aliphatic carbocycles. The van der Waals surface area contributed by atoms with Crippen molar-refractivity contribution in [1.29, 1.82) is 0 Å². The Bertz CT molecular complexity index is 1000. The van der Waals surface area contributed by atoms with Crippen molar-refractivity contribution in [1.82, 2.24) is 14.9 Å². The van der Waals surface area contributed by atoms with Crippen LogP contribution in [-0.4, -0.2) is 26.0 Å². The van der Waals surface area contributed by atoms with Gasteiger partial charge in [0.25, 0.3) is 0 Å². The van der Waals surface area contributed by atoms with Gasteiger partial charge in [0.2, 0.25) is 11.1 Å². The third kappa shape index (κ3) is 5.65. The van der Waals surface area contributed by atoms with Gasteiger partial charge in [-0.1, -0.05) is 35.5 Å². The number of nitrogens with one attached hydrogen (secondary N) is 1. The lowest BCUT2D eigenvalue weighted by atomic mass is 10.1. The lowest BCUT2D eigenvalue weighted by Crippen LogP contribution is -2.24. The van der Waals surface area contributed by atoms with Gasteiger partial charge in [-0.15, -0.1) is 10.2 Å². The predicted octanol–water partition coefficient (Wildman–Crippen LogP) is 3.96. The maximum Gasteiger partial charge on any atom is 0.237 e. The molecule has 152 valence electrons. The highest BCUT2D eigenvalue weighted by Gasteiger charge is 2.20. The number of amides is 1. The Morgan fingerprint density at radius 3 is 2.66 bits per heavy atom. The molecule has 29 heavy (non-hydrogen) atoms. The van der Waals surface area contributed by atoms with Crippen LogP contribution >= 0.6 is 23.4 Å². The van der Waals surface area contributed by atoms with E-state index in [0.29, 0.717) is 21.7 Å². The maximum atomic E-state index is 12.4. The van der Waals surface area contributed by atoms with Gasteiger partial charge in [0.1, 0.15) is 12.4 Å². The highest BCUT2D eigenvalue weighted by atomic mass is 35.5. The van der Waals surface area contributed by atoms with Crippen molar-refractivity contribution in [3.8, 4) is 5.75 Å². The molecule has 0 aliphatic rings. The quantitative estimate of drug-likeness (QED) is 0.434. The van der Waals surface area contributed by atoms with Crippen molar-refractivity contribution in [3.05, 3.63) is 64.4 Å². The molecule has 0 aliphatic heterocycles. The van der Waals surface area contributed by atoms with Gasteiger partial charge in [-0.2, -0.15) is 0 Å². The summed E-state index contributed by atoms with van der Waals surface area (Å²) in [5.74, 6) is 7.11. The number of carbonyl (C=O) groups is 1. The summed E-state index contributed by atoms with van der Waals surface area (Å²) in [5.41, 5.74) is 2.86. The Labute approximate surface area is 178 Å². The van der Waals surface area contributed by atoms with Crippen LogP contribution in [0.4, 0.5) is 5.69 Å². The molecule has 0 spiro atoms. The molecule has 3 rings (SSSR count). The molecule has 1 aromatic heterocycles. The van der Waals surface area contributed by atoms with E-state index < -0.39 is 5.25 Å². The van der Waals surface area contributed by atoms with E-state index in [0.717, 1.165) is 16.9 Å². The van der Waals surface area contributed by atoms with Gasteiger partial charge in [-0.3, -0.25) is 4.79 Å². The van der Waals surface area contributed by atoms with E-state index in [9.17, 15) is 4.79 Å². The number of nitrogens with zero attached hydrogens (tertiary/aromatic N) is 3. The molecule has 0 saturated heterocycles. The van der Waals surface area contributed by atoms with Crippen LogP contribution in [0.1, 0.15) is 23.9 Å². The Kier molecular flexibility index (Phi) is 6.66. The van der Waals surface area contributed by atoms with E-state index in [2.05, 4.69) is 21.6 Å². The Morgan fingerprint density at radius 2 is 1.97 bits per heavy atom. The molecular formula is C20H22ClN5O2S. The number of hydrogen-bond acceptors (Lipinski definition) is 6. The van der Waals surface area contributed by atoms with Crippen LogP contribution in [0.15, 0.2) is 47.6 Å². The summed E-state index contributed by atoms with van der Waals surface area (Å²) in [5, 5.41) is 11.5. The van der Waals surface area contributed by atoms with E-state index in [4.69, 9.17) is 22.2 Å². The van der Waals surface area contributed by atoms with Crippen LogP contribution in [0.25, 0.3) is 0 Å². The fourth-order valence-corrected chi connectivity index (χ4v) is 3.65. The van der Waals surface area contributed by atoms with E-state index >= 15 is 0 Å². The molecule has 0 bridgehead atoms. The Balaban J connectivity index is 1.60. The molecule has 0 radical (unpaired) electrons. The maximum absolute atomic E-state index is 12.4. The second-order valence-electron chi connectivity index (χ2n) is 6.64. The van der Waals surface area contributed by atoms with Gasteiger partial charge in [0, 0.05) is 10.7 Å². The van der Waals surface area contributed by atoms with E-state index in [1.165, 1.54) is 16.4 Å². The minimum atomic E-state index is -0.436. The molecule has 1 amide bonds. The Hall–Kier alpha value is -2.71. The van der Waals surface area contributed by atoms with Crippen LogP contribution in [-0.2, 0) is 11.4 Å². The normalized spacial score (nSPS) is 11.9. The number of nitrogen functional groups attached to an aromatic ring is 1. The van der Waals surface area contributed by atoms with Crippen LogP contribution in [0.2, 0.25) is 5.02 Å². The van der Waals surface area contributed by atoms with Gasteiger partial charge in [0.05, 0.1) is 5.25 Å². The Morgan fingerprint density at radius 1 is 1.24 bits per heavy atom. The van der Waals surface area contributed by atoms with Crippen molar-refractivity contribution in [2.45, 2.75) is 37.8 Å². The topological polar surface area (TPSA) is 95.1 Å². The first-order chi connectivity index (χ1) is 13.8. The third-order valence-electron chi connectivity index (χ3n) is 4.04. The number of benzene rings is 2. The zero-order chi connectivity index (χ0) is 21.0. The minimum absolute atomic E-state index is 0.177. The first kappa shape index (κ1) is 21.0. The number of aromatic nitrogens is 3. The molecule has 1 atom stereocenters. The number of nitrogens with two attached hydrogens (primary N) is 1. The highest BCUT2D eigenvalue weighted by Crippen LogP contribution is 2.23. The first-order valence-electron chi connectivity index (χ1n) is 8.95. The number of rotatable bonds is 7. The first-order valence-corrected chi connectivity index (χ1v) is 10.2. The lowest BCUT2D eigenvalue weighted by molar-refractivity contribution is -0.115. The number of halogens is 1. The van der Waals surface area contributed by atoms with Crippen LogP contribution in [0.3, 0.4) is 0 Å². The lowest BCUT2D eigenvalue weighted by Gasteiger charge is -2.12. The predicted molar refractivity (Wildman–Crippen MR) is 116 cm³/mol. The number of anilines is 1. The SMILES string of the molecule is Cc1cc(C)cc(OCc2nnc(SC(C)C(=O)Nc3cccc(Cl)c3)n2N)c1. The molecular weight excluding hydrogens is 410 g/mol. The van der Waals surface area contributed by atoms with Crippen molar-refractivity contribution < 1.29 is 9.53 Å². The van der Waals surface area contributed by atoms with Gasteiger partial charge >= 0.3 is 0 Å². The molecule has 9 heteroatoms. The highest BCUT2D eigenvalue weighted by molar-refractivity contribution is 8.00. The third-order valence-corrected chi connectivity index (χ3v) is 5.33. The second kappa shape index (κ2) is 9.19. The molecule has 3 N–H and O–H groups in total. The average molecular weight is 432 g/mol. The van der Waals surface area contributed by atoms with E-state index in [1.807, 2.05) is 26.0 Å². The standard InChI is InChI=1S/C20H22ClN5O2S/c1-12-7-13(2)9-17(8-12)28-11-18-24-25-20(26(18)22)29-14(3)19(27)23-16-6-4-5-15(21)10-16/h4-10,14H,11,22H2,1-3H3,(H,23,27). The number of hydrogen-bond donors (Lipinski definition) is 2. The minimum Gasteiger partial charge on any atom is -0.486 e. The van der Waals surface area contributed by atoms with Gasteiger partial charge in [0.15, 0.2) is 5.82 Å². The second-order valence-corrected chi connectivity index (χ2v) is 8.38. The van der Waals surface area contributed by atoms with Crippen LogP contribution < -0.4 is 15.9 Å². The average Bonchev–Trinajstić information content (AvgIpc) is 2.99. The summed E-state index contributed by atoms with van der Waals surface area (Å²) in [6.45, 7) is 5.96. The molecule has 0 saturated carbocycles. The monoisotopic (exact) mass is 431 g/mol. The van der Waals surface area contributed by atoms with Gasteiger partial charge in [-0.05, 0) is 62.2 Å². The number of aryl methyl sites for hydroxylation is 2. The summed E-state index contributed by atoms with van der Waals surface area (Å²) in [7, 11) is 0. The van der Waals surface area contributed by atoms with E-state index in [-0.39, 0.29) is 12.5 Å². The molecule has 7 nitrogen and oxygen atoms in total. The summed E-state index contributed by atoms with van der Waals surface area (Å²) in [6.07, 6.45) is 0. The van der Waals surface area contributed by atoms with Crippen LogP contribution in [0.5, 0.6) is 5.75 Å². The van der Waals surface area contributed by atoms with Crippen molar-refractivity contribution in [2.24, 2.45) is 0 Å².